The number of carbonyl (C=O) groups is 1. The molecule has 1 atom stereocenters. The highest BCUT2D eigenvalue weighted by Crippen LogP contribution is 2.30. The van der Waals surface area contributed by atoms with Gasteiger partial charge in [0, 0.05) is 26.2 Å². The molecule has 0 aromatic heterocycles. The Morgan fingerprint density at radius 2 is 2.00 bits per heavy atom. The van der Waals surface area contributed by atoms with E-state index in [1.807, 2.05) is 0 Å². The lowest BCUT2D eigenvalue weighted by Crippen LogP contribution is -2.47. The van der Waals surface area contributed by atoms with Gasteiger partial charge in [0.2, 0.25) is 5.91 Å². The first-order valence-electron chi connectivity index (χ1n) is 8.20. The fourth-order valence-corrected chi connectivity index (χ4v) is 3.34. The highest BCUT2D eigenvalue weighted by molar-refractivity contribution is 5.83. The summed E-state index contributed by atoms with van der Waals surface area (Å²) in [6, 6.07) is 0. The monoisotopic (exact) mass is 283 g/mol. The van der Waals surface area contributed by atoms with E-state index in [1.165, 1.54) is 6.42 Å². The van der Waals surface area contributed by atoms with Gasteiger partial charge in [0.05, 0.1) is 5.41 Å². The molecule has 1 heterocycles. The van der Waals surface area contributed by atoms with Crippen LogP contribution >= 0.6 is 0 Å². The molecule has 0 saturated carbocycles. The van der Waals surface area contributed by atoms with E-state index in [9.17, 15) is 4.79 Å². The molecule has 4 heteroatoms. The zero-order valence-electron chi connectivity index (χ0n) is 13.8. The second-order valence-electron chi connectivity index (χ2n) is 6.36. The maximum absolute atomic E-state index is 12.7. The first-order valence-corrected chi connectivity index (χ1v) is 8.20. The summed E-state index contributed by atoms with van der Waals surface area (Å²) in [5.74, 6) is 0.908. The van der Waals surface area contributed by atoms with Crippen molar-refractivity contribution in [2.24, 2.45) is 17.1 Å². The lowest BCUT2D eigenvalue weighted by atomic mass is 9.81. The molecular weight excluding hydrogens is 250 g/mol. The topological polar surface area (TPSA) is 49.6 Å². The van der Waals surface area contributed by atoms with Crippen molar-refractivity contribution in [2.45, 2.75) is 46.5 Å². The zero-order valence-corrected chi connectivity index (χ0v) is 13.8. The van der Waals surface area contributed by atoms with Crippen LogP contribution in [0.4, 0.5) is 0 Å². The second-order valence-corrected chi connectivity index (χ2v) is 6.36. The molecule has 0 spiro atoms. The number of carbonyl (C=O) groups excluding carboxylic acids is 1. The van der Waals surface area contributed by atoms with Crippen LogP contribution in [0.2, 0.25) is 0 Å². The molecule has 1 saturated heterocycles. The van der Waals surface area contributed by atoms with Crippen LogP contribution in [-0.4, -0.2) is 55.5 Å². The van der Waals surface area contributed by atoms with E-state index in [1.54, 1.807) is 0 Å². The van der Waals surface area contributed by atoms with Gasteiger partial charge in [-0.2, -0.15) is 0 Å². The van der Waals surface area contributed by atoms with Gasteiger partial charge in [0.15, 0.2) is 0 Å². The highest BCUT2D eigenvalue weighted by Gasteiger charge is 2.39. The summed E-state index contributed by atoms with van der Waals surface area (Å²) < 4.78 is 0. The Bertz CT molecular complexity index is 294. The Morgan fingerprint density at radius 1 is 1.35 bits per heavy atom. The predicted molar refractivity (Wildman–Crippen MR) is 84.5 cm³/mol. The van der Waals surface area contributed by atoms with E-state index in [0.717, 1.165) is 45.4 Å². The molecule has 1 fully saturated rings. The number of hydrogen-bond donors (Lipinski definition) is 1. The van der Waals surface area contributed by atoms with Gasteiger partial charge in [-0.15, -0.1) is 0 Å². The fraction of sp³-hybridized carbons (Fsp3) is 0.938. The van der Waals surface area contributed by atoms with Crippen LogP contribution in [0.3, 0.4) is 0 Å². The molecule has 1 unspecified atom stereocenters. The van der Waals surface area contributed by atoms with Crippen molar-refractivity contribution in [3.63, 3.8) is 0 Å². The maximum atomic E-state index is 12.7. The van der Waals surface area contributed by atoms with Gasteiger partial charge < -0.3 is 15.5 Å². The molecule has 1 rings (SSSR count). The van der Waals surface area contributed by atoms with Gasteiger partial charge in [-0.05, 0) is 45.2 Å². The summed E-state index contributed by atoms with van der Waals surface area (Å²) >= 11 is 0. The quantitative estimate of drug-likeness (QED) is 0.740. The first kappa shape index (κ1) is 17.4. The summed E-state index contributed by atoms with van der Waals surface area (Å²) in [4.78, 5) is 17.2. The van der Waals surface area contributed by atoms with Crippen molar-refractivity contribution in [3.05, 3.63) is 0 Å². The summed E-state index contributed by atoms with van der Waals surface area (Å²) in [6.45, 7) is 10.9. The van der Waals surface area contributed by atoms with E-state index in [4.69, 9.17) is 5.73 Å². The van der Waals surface area contributed by atoms with Crippen molar-refractivity contribution >= 4 is 5.91 Å². The second kappa shape index (κ2) is 7.99. The normalized spacial score (nSPS) is 19.9. The van der Waals surface area contributed by atoms with Crippen molar-refractivity contribution in [2.75, 3.05) is 39.8 Å². The molecule has 1 aliphatic rings. The van der Waals surface area contributed by atoms with Crippen LogP contribution < -0.4 is 5.73 Å². The third-order valence-corrected chi connectivity index (χ3v) is 4.95. The van der Waals surface area contributed by atoms with Crippen molar-refractivity contribution in [3.8, 4) is 0 Å². The first-order chi connectivity index (χ1) is 9.52. The molecule has 0 aliphatic carbocycles. The third-order valence-electron chi connectivity index (χ3n) is 4.95. The van der Waals surface area contributed by atoms with Gasteiger partial charge in [-0.25, -0.2) is 0 Å². The summed E-state index contributed by atoms with van der Waals surface area (Å²) in [6.07, 6.45) is 4.01. The molecule has 1 amide bonds. The van der Waals surface area contributed by atoms with Crippen LogP contribution in [0.5, 0.6) is 0 Å². The van der Waals surface area contributed by atoms with E-state index in [2.05, 4.69) is 37.6 Å². The predicted octanol–water partition coefficient (Wildman–Crippen LogP) is 1.94. The van der Waals surface area contributed by atoms with E-state index in [-0.39, 0.29) is 11.3 Å². The van der Waals surface area contributed by atoms with Crippen molar-refractivity contribution < 1.29 is 4.79 Å². The van der Waals surface area contributed by atoms with E-state index < -0.39 is 0 Å². The maximum Gasteiger partial charge on any atom is 0.230 e. The molecule has 1 aliphatic heterocycles. The SMILES string of the molecule is CCCN(C)CC1CCN(C(=O)C(CC)(CC)CN)C1. The molecule has 0 bridgehead atoms. The minimum Gasteiger partial charge on any atom is -0.342 e. The van der Waals surface area contributed by atoms with Crippen LogP contribution in [0.1, 0.15) is 46.5 Å². The largest absolute Gasteiger partial charge is 0.342 e. The number of nitrogens with two attached hydrogens (primary N) is 1. The van der Waals surface area contributed by atoms with Gasteiger partial charge >= 0.3 is 0 Å². The fourth-order valence-electron chi connectivity index (χ4n) is 3.34. The molecular formula is C16H33N3O. The van der Waals surface area contributed by atoms with Gasteiger partial charge in [-0.3, -0.25) is 4.79 Å². The average Bonchev–Trinajstić information content (AvgIpc) is 2.89. The van der Waals surface area contributed by atoms with Crippen molar-refractivity contribution in [1.29, 1.82) is 0 Å². The van der Waals surface area contributed by atoms with Crippen LogP contribution in [0.25, 0.3) is 0 Å². The number of nitrogens with zero attached hydrogens (tertiary/aromatic N) is 2. The molecule has 118 valence electrons. The Kier molecular flexibility index (Phi) is 6.96. The van der Waals surface area contributed by atoms with Crippen molar-refractivity contribution in [1.82, 2.24) is 9.80 Å². The van der Waals surface area contributed by atoms with E-state index >= 15 is 0 Å². The molecule has 20 heavy (non-hydrogen) atoms. The molecule has 4 nitrogen and oxygen atoms in total. The lowest BCUT2D eigenvalue weighted by Gasteiger charge is -2.33. The standard InChI is InChI=1S/C16H33N3O/c1-5-9-18(4)11-14-8-10-19(12-14)15(20)16(6-2,7-3)13-17/h14H,5-13,17H2,1-4H3. The average molecular weight is 283 g/mol. The summed E-state index contributed by atoms with van der Waals surface area (Å²) in [7, 11) is 2.18. The van der Waals surface area contributed by atoms with Gasteiger partial charge in [0.1, 0.15) is 0 Å². The number of amides is 1. The Hall–Kier alpha value is -0.610. The van der Waals surface area contributed by atoms with Crippen LogP contribution in [0, 0.1) is 11.3 Å². The lowest BCUT2D eigenvalue weighted by molar-refractivity contribution is -0.141. The molecule has 2 N–H and O–H groups in total. The Morgan fingerprint density at radius 3 is 2.50 bits per heavy atom. The van der Waals surface area contributed by atoms with Gasteiger partial charge in [0.25, 0.3) is 0 Å². The van der Waals surface area contributed by atoms with Gasteiger partial charge in [-0.1, -0.05) is 20.8 Å². The molecule has 0 radical (unpaired) electrons. The minimum atomic E-state index is -0.329. The third kappa shape index (κ3) is 3.95. The molecule has 0 aromatic rings. The summed E-state index contributed by atoms with van der Waals surface area (Å²) in [5, 5.41) is 0. The highest BCUT2D eigenvalue weighted by atomic mass is 16.2. The number of likely N-dealkylation sites (tertiary alicyclic amines) is 1. The number of hydrogen-bond acceptors (Lipinski definition) is 3. The Balaban J connectivity index is 2.56. The summed E-state index contributed by atoms with van der Waals surface area (Å²) in [5.41, 5.74) is 5.57. The van der Waals surface area contributed by atoms with E-state index in [0.29, 0.717) is 12.5 Å². The Labute approximate surface area is 124 Å². The zero-order chi connectivity index (χ0) is 15.2. The number of rotatable bonds is 8. The van der Waals surface area contributed by atoms with Crippen LogP contribution in [-0.2, 0) is 4.79 Å². The minimum absolute atomic E-state index is 0.283. The van der Waals surface area contributed by atoms with Crippen LogP contribution in [0.15, 0.2) is 0 Å². The smallest absolute Gasteiger partial charge is 0.230 e. The molecule has 0 aromatic carbocycles.